The molecular weight excluding hydrogens is 244 g/mol. The summed E-state index contributed by atoms with van der Waals surface area (Å²) in [4.78, 5) is 10.1. The summed E-state index contributed by atoms with van der Waals surface area (Å²) in [6.45, 7) is -1.22. The van der Waals surface area contributed by atoms with Gasteiger partial charge in [-0.2, -0.15) is 13.2 Å². The molecule has 0 fully saturated rings. The molecule has 1 aromatic rings. The molecule has 0 amide bonds. The second-order valence-electron chi connectivity index (χ2n) is 3.19. The number of rotatable bonds is 4. The number of carboxylic acid groups (broad SMARTS) is 1. The highest BCUT2D eigenvalue weighted by molar-refractivity contribution is 5.67. The lowest BCUT2D eigenvalue weighted by Gasteiger charge is -2.09. The summed E-state index contributed by atoms with van der Waals surface area (Å²) in [7, 11) is 0. The second-order valence-corrected chi connectivity index (χ2v) is 3.19. The van der Waals surface area contributed by atoms with Gasteiger partial charge in [0, 0.05) is 5.56 Å². The van der Waals surface area contributed by atoms with Gasteiger partial charge in [-0.25, -0.2) is 9.18 Å². The van der Waals surface area contributed by atoms with Crippen molar-refractivity contribution in [1.29, 1.82) is 0 Å². The highest BCUT2D eigenvalue weighted by Gasteiger charge is 2.31. The number of hydrogen-bond acceptors (Lipinski definition) is 2. The molecule has 94 valence electrons. The Labute approximate surface area is 93.6 Å². The molecule has 0 atom stereocenters. The normalized spacial score (nSPS) is 11.5. The molecule has 0 aromatic heterocycles. The lowest BCUT2D eigenvalue weighted by molar-refractivity contribution is -0.143. The van der Waals surface area contributed by atoms with Crippen molar-refractivity contribution in [3.05, 3.63) is 35.1 Å². The minimum atomic E-state index is -4.57. The summed E-state index contributed by atoms with van der Waals surface area (Å²) in [6.07, 6.45) is -4.57. The zero-order valence-electron chi connectivity index (χ0n) is 8.42. The van der Waals surface area contributed by atoms with Gasteiger partial charge >= 0.3 is 12.1 Å². The maximum absolute atomic E-state index is 13.1. The Morgan fingerprint density at radius 2 is 2.00 bits per heavy atom. The van der Waals surface area contributed by atoms with Crippen LogP contribution in [-0.4, -0.2) is 17.7 Å². The van der Waals surface area contributed by atoms with E-state index in [1.165, 1.54) is 0 Å². The maximum Gasteiger partial charge on any atom is 0.416 e. The third-order valence-electron chi connectivity index (χ3n) is 1.86. The van der Waals surface area contributed by atoms with E-state index in [1.807, 2.05) is 0 Å². The first-order chi connectivity index (χ1) is 7.80. The molecule has 1 aromatic carbocycles. The molecule has 3 nitrogen and oxygen atoms in total. The van der Waals surface area contributed by atoms with Gasteiger partial charge in [-0.15, -0.1) is 0 Å². The topological polar surface area (TPSA) is 46.5 Å². The Hall–Kier alpha value is -1.63. The van der Waals surface area contributed by atoms with Crippen LogP contribution in [0.4, 0.5) is 17.6 Å². The first-order valence-corrected chi connectivity index (χ1v) is 4.46. The highest BCUT2D eigenvalue weighted by Crippen LogP contribution is 2.30. The Morgan fingerprint density at radius 1 is 1.35 bits per heavy atom. The Morgan fingerprint density at radius 3 is 2.53 bits per heavy atom. The molecule has 0 aliphatic heterocycles. The number of carbonyl (C=O) groups is 1. The number of hydrogen-bond donors (Lipinski definition) is 1. The molecule has 0 aliphatic carbocycles. The Kier molecular flexibility index (Phi) is 4.06. The van der Waals surface area contributed by atoms with Crippen molar-refractivity contribution in [2.45, 2.75) is 12.8 Å². The van der Waals surface area contributed by atoms with Crippen LogP contribution in [0.2, 0.25) is 0 Å². The fraction of sp³-hybridized carbons (Fsp3) is 0.300. The van der Waals surface area contributed by atoms with Crippen LogP contribution in [0.25, 0.3) is 0 Å². The van der Waals surface area contributed by atoms with E-state index < -0.39 is 36.7 Å². The number of carboxylic acids is 1. The van der Waals surface area contributed by atoms with Crippen molar-refractivity contribution in [3.63, 3.8) is 0 Å². The summed E-state index contributed by atoms with van der Waals surface area (Å²) in [5, 5.41) is 8.25. The summed E-state index contributed by atoms with van der Waals surface area (Å²) < 4.78 is 54.5. The minimum Gasteiger partial charge on any atom is -0.480 e. The Bertz CT molecular complexity index is 415. The van der Waals surface area contributed by atoms with Crippen molar-refractivity contribution in [3.8, 4) is 0 Å². The SMILES string of the molecule is O=C(O)COCc1cc(C(F)(F)F)ccc1F. The van der Waals surface area contributed by atoms with Gasteiger partial charge in [0.15, 0.2) is 0 Å². The second kappa shape index (κ2) is 5.13. The molecule has 17 heavy (non-hydrogen) atoms. The van der Waals surface area contributed by atoms with E-state index in [1.54, 1.807) is 0 Å². The smallest absolute Gasteiger partial charge is 0.416 e. The number of benzene rings is 1. The van der Waals surface area contributed by atoms with Gasteiger partial charge in [0.05, 0.1) is 12.2 Å². The molecular formula is C10H8F4O3. The fourth-order valence-electron chi connectivity index (χ4n) is 1.11. The highest BCUT2D eigenvalue weighted by atomic mass is 19.4. The molecule has 0 spiro atoms. The molecule has 0 saturated heterocycles. The van der Waals surface area contributed by atoms with E-state index in [0.717, 1.165) is 0 Å². The van der Waals surface area contributed by atoms with E-state index in [9.17, 15) is 22.4 Å². The van der Waals surface area contributed by atoms with E-state index in [-0.39, 0.29) is 5.56 Å². The molecule has 0 bridgehead atoms. The lowest BCUT2D eigenvalue weighted by atomic mass is 10.1. The van der Waals surface area contributed by atoms with Gasteiger partial charge in [0.2, 0.25) is 0 Å². The van der Waals surface area contributed by atoms with Crippen molar-refractivity contribution in [2.75, 3.05) is 6.61 Å². The molecule has 0 radical (unpaired) electrons. The van der Waals surface area contributed by atoms with E-state index in [0.29, 0.717) is 18.2 Å². The van der Waals surface area contributed by atoms with E-state index in [4.69, 9.17) is 5.11 Å². The Balaban J connectivity index is 2.80. The average Bonchev–Trinajstić information content (AvgIpc) is 2.18. The van der Waals surface area contributed by atoms with Crippen LogP contribution < -0.4 is 0 Å². The molecule has 0 saturated carbocycles. The molecule has 7 heteroatoms. The van der Waals surface area contributed by atoms with E-state index >= 15 is 0 Å². The first kappa shape index (κ1) is 13.4. The third-order valence-corrected chi connectivity index (χ3v) is 1.86. The van der Waals surface area contributed by atoms with Crippen LogP contribution in [0.1, 0.15) is 11.1 Å². The number of halogens is 4. The maximum atomic E-state index is 13.1. The van der Waals surface area contributed by atoms with Gasteiger partial charge in [0.25, 0.3) is 0 Å². The number of aliphatic carboxylic acids is 1. The standard InChI is InChI=1S/C10H8F4O3/c11-8-2-1-7(10(12,13)14)3-6(8)4-17-5-9(15)16/h1-3H,4-5H2,(H,15,16). The summed E-state index contributed by atoms with van der Waals surface area (Å²) >= 11 is 0. The third kappa shape index (κ3) is 4.03. The van der Waals surface area contributed by atoms with Gasteiger partial charge in [-0.1, -0.05) is 0 Å². The zero-order chi connectivity index (χ0) is 13.1. The number of alkyl halides is 3. The van der Waals surface area contributed by atoms with Gasteiger partial charge in [-0.05, 0) is 18.2 Å². The summed E-state index contributed by atoms with van der Waals surface area (Å²) in [6, 6.07) is 1.87. The average molecular weight is 252 g/mol. The molecule has 0 unspecified atom stereocenters. The molecule has 1 N–H and O–H groups in total. The molecule has 0 heterocycles. The fourth-order valence-corrected chi connectivity index (χ4v) is 1.11. The van der Waals surface area contributed by atoms with Gasteiger partial charge < -0.3 is 9.84 Å². The molecule has 1 rings (SSSR count). The first-order valence-electron chi connectivity index (χ1n) is 4.46. The van der Waals surface area contributed by atoms with Crippen LogP contribution in [0.3, 0.4) is 0 Å². The number of ether oxygens (including phenoxy) is 1. The predicted octanol–water partition coefficient (Wildman–Crippen LogP) is 2.45. The van der Waals surface area contributed by atoms with E-state index in [2.05, 4.69) is 4.74 Å². The van der Waals surface area contributed by atoms with Crippen molar-refractivity contribution < 1.29 is 32.2 Å². The lowest BCUT2D eigenvalue weighted by Crippen LogP contribution is -2.09. The van der Waals surface area contributed by atoms with Crippen molar-refractivity contribution in [2.24, 2.45) is 0 Å². The van der Waals surface area contributed by atoms with Crippen molar-refractivity contribution in [1.82, 2.24) is 0 Å². The van der Waals surface area contributed by atoms with Gasteiger partial charge in [-0.3, -0.25) is 0 Å². The quantitative estimate of drug-likeness (QED) is 0.837. The minimum absolute atomic E-state index is 0.332. The van der Waals surface area contributed by atoms with Crippen LogP contribution in [0.15, 0.2) is 18.2 Å². The summed E-state index contributed by atoms with van der Waals surface area (Å²) in [5.41, 5.74) is -1.34. The van der Waals surface area contributed by atoms with Crippen LogP contribution in [0, 0.1) is 5.82 Å². The molecule has 0 aliphatic rings. The van der Waals surface area contributed by atoms with Crippen molar-refractivity contribution >= 4 is 5.97 Å². The summed E-state index contributed by atoms with van der Waals surface area (Å²) in [5.74, 6) is -2.15. The van der Waals surface area contributed by atoms with Crippen LogP contribution in [0.5, 0.6) is 0 Å². The largest absolute Gasteiger partial charge is 0.480 e. The van der Waals surface area contributed by atoms with Crippen LogP contribution >= 0.6 is 0 Å². The van der Waals surface area contributed by atoms with Gasteiger partial charge in [0.1, 0.15) is 12.4 Å². The predicted molar refractivity (Wildman–Crippen MR) is 48.7 cm³/mol. The monoisotopic (exact) mass is 252 g/mol. The van der Waals surface area contributed by atoms with Crippen LogP contribution in [-0.2, 0) is 22.3 Å². The zero-order valence-corrected chi connectivity index (χ0v) is 8.42.